The SMILES string of the molecule is COc1ccc(NC(=O)c2c(-n3cccc3)sc(C)c2C)cc1-n1nnnc1C. The Morgan fingerprint density at radius 3 is 2.59 bits per heavy atom. The first-order valence-corrected chi connectivity index (χ1v) is 9.79. The van der Waals surface area contributed by atoms with Crippen LogP contribution in [0.2, 0.25) is 0 Å². The van der Waals surface area contributed by atoms with Crippen LogP contribution in [0, 0.1) is 20.8 Å². The molecule has 0 saturated heterocycles. The lowest BCUT2D eigenvalue weighted by molar-refractivity contribution is 0.102. The number of benzene rings is 1. The van der Waals surface area contributed by atoms with Crippen molar-refractivity contribution in [2.75, 3.05) is 12.4 Å². The van der Waals surface area contributed by atoms with Crippen molar-refractivity contribution in [2.24, 2.45) is 0 Å². The minimum atomic E-state index is -0.167. The van der Waals surface area contributed by atoms with Gasteiger partial charge in [0.05, 0.1) is 12.7 Å². The van der Waals surface area contributed by atoms with Gasteiger partial charge in [0, 0.05) is 23.0 Å². The molecular weight excluding hydrogens is 388 g/mol. The molecule has 29 heavy (non-hydrogen) atoms. The average Bonchev–Trinajstić information content (AvgIpc) is 3.43. The number of tetrazole rings is 1. The monoisotopic (exact) mass is 408 g/mol. The van der Waals surface area contributed by atoms with Crippen molar-refractivity contribution in [3.8, 4) is 16.4 Å². The summed E-state index contributed by atoms with van der Waals surface area (Å²) >= 11 is 1.60. The van der Waals surface area contributed by atoms with Crippen LogP contribution < -0.4 is 10.1 Å². The molecule has 9 heteroatoms. The van der Waals surface area contributed by atoms with Gasteiger partial charge in [-0.1, -0.05) is 0 Å². The van der Waals surface area contributed by atoms with Gasteiger partial charge in [-0.05, 0) is 67.1 Å². The number of ether oxygens (including phenoxy) is 1. The number of nitrogens with zero attached hydrogens (tertiary/aromatic N) is 5. The number of methoxy groups -OCH3 is 1. The first-order valence-electron chi connectivity index (χ1n) is 8.97. The third-order valence-electron chi connectivity index (χ3n) is 4.72. The number of carbonyl (C=O) groups is 1. The summed E-state index contributed by atoms with van der Waals surface area (Å²) in [5.41, 5.74) is 2.92. The summed E-state index contributed by atoms with van der Waals surface area (Å²) in [6, 6.07) is 9.26. The largest absolute Gasteiger partial charge is 0.494 e. The lowest BCUT2D eigenvalue weighted by atomic mass is 10.1. The van der Waals surface area contributed by atoms with Crippen molar-refractivity contribution in [1.82, 2.24) is 24.8 Å². The van der Waals surface area contributed by atoms with Crippen LogP contribution in [0.25, 0.3) is 10.7 Å². The third-order valence-corrected chi connectivity index (χ3v) is 5.94. The second kappa shape index (κ2) is 7.51. The van der Waals surface area contributed by atoms with Gasteiger partial charge in [-0.3, -0.25) is 4.79 Å². The van der Waals surface area contributed by atoms with E-state index in [-0.39, 0.29) is 5.91 Å². The minimum Gasteiger partial charge on any atom is -0.494 e. The van der Waals surface area contributed by atoms with Gasteiger partial charge in [-0.15, -0.1) is 16.4 Å². The van der Waals surface area contributed by atoms with E-state index in [0.29, 0.717) is 28.5 Å². The predicted molar refractivity (Wildman–Crippen MR) is 112 cm³/mol. The van der Waals surface area contributed by atoms with Crippen molar-refractivity contribution in [2.45, 2.75) is 20.8 Å². The number of anilines is 1. The zero-order valence-electron chi connectivity index (χ0n) is 16.5. The summed E-state index contributed by atoms with van der Waals surface area (Å²) in [6.45, 7) is 5.79. The van der Waals surface area contributed by atoms with Crippen LogP contribution in [0.1, 0.15) is 26.6 Å². The van der Waals surface area contributed by atoms with Gasteiger partial charge < -0.3 is 14.6 Å². The van der Waals surface area contributed by atoms with E-state index in [9.17, 15) is 4.79 Å². The first-order chi connectivity index (χ1) is 14.0. The molecule has 0 fully saturated rings. The lowest BCUT2D eigenvalue weighted by Gasteiger charge is -2.12. The summed E-state index contributed by atoms with van der Waals surface area (Å²) < 4.78 is 8.96. The number of rotatable bonds is 5. The average molecular weight is 408 g/mol. The molecule has 3 aromatic heterocycles. The summed E-state index contributed by atoms with van der Waals surface area (Å²) in [4.78, 5) is 14.3. The standard InChI is InChI=1S/C20H20N6O2S/c1-12-13(2)29-20(25-9-5-6-10-25)18(12)19(27)21-15-7-8-17(28-4)16(11-15)26-14(3)22-23-24-26/h5-11H,1-4H3,(H,21,27). The van der Waals surface area contributed by atoms with Gasteiger partial charge in [-0.2, -0.15) is 4.68 Å². The molecule has 4 rings (SSSR count). The maximum Gasteiger partial charge on any atom is 0.258 e. The van der Waals surface area contributed by atoms with Gasteiger partial charge in [0.15, 0.2) is 5.82 Å². The summed E-state index contributed by atoms with van der Waals surface area (Å²) in [5.74, 6) is 1.06. The van der Waals surface area contributed by atoms with Gasteiger partial charge in [0.25, 0.3) is 5.91 Å². The van der Waals surface area contributed by atoms with E-state index < -0.39 is 0 Å². The molecule has 1 aromatic carbocycles. The maximum absolute atomic E-state index is 13.2. The van der Waals surface area contributed by atoms with Gasteiger partial charge in [0.2, 0.25) is 0 Å². The molecule has 0 spiro atoms. The van der Waals surface area contributed by atoms with Crippen LogP contribution in [0.5, 0.6) is 5.75 Å². The molecule has 1 N–H and O–H groups in total. The van der Waals surface area contributed by atoms with Crippen LogP contribution >= 0.6 is 11.3 Å². The van der Waals surface area contributed by atoms with E-state index in [0.717, 1.165) is 15.4 Å². The van der Waals surface area contributed by atoms with Crippen molar-refractivity contribution in [3.63, 3.8) is 0 Å². The molecule has 8 nitrogen and oxygen atoms in total. The molecule has 148 valence electrons. The highest BCUT2D eigenvalue weighted by molar-refractivity contribution is 7.15. The van der Waals surface area contributed by atoms with Crippen LogP contribution in [-0.2, 0) is 0 Å². The Labute approximate surface area is 171 Å². The van der Waals surface area contributed by atoms with E-state index in [2.05, 4.69) is 20.8 Å². The molecule has 0 radical (unpaired) electrons. The second-order valence-electron chi connectivity index (χ2n) is 6.53. The zero-order chi connectivity index (χ0) is 20.5. The molecule has 3 heterocycles. The molecule has 0 unspecified atom stereocenters. The van der Waals surface area contributed by atoms with Crippen molar-refractivity contribution in [3.05, 3.63) is 64.6 Å². The van der Waals surface area contributed by atoms with E-state index >= 15 is 0 Å². The van der Waals surface area contributed by atoms with E-state index in [4.69, 9.17) is 4.74 Å². The Bertz CT molecular complexity index is 1180. The van der Waals surface area contributed by atoms with Crippen molar-refractivity contribution in [1.29, 1.82) is 0 Å². The normalized spacial score (nSPS) is 10.9. The number of hydrogen-bond acceptors (Lipinski definition) is 6. The molecule has 0 aliphatic carbocycles. The molecule has 0 aliphatic rings. The van der Waals surface area contributed by atoms with Gasteiger partial charge in [0.1, 0.15) is 16.4 Å². The lowest BCUT2D eigenvalue weighted by Crippen LogP contribution is -2.15. The molecule has 0 aliphatic heterocycles. The molecular formula is C20H20N6O2S. The Morgan fingerprint density at radius 2 is 1.93 bits per heavy atom. The highest BCUT2D eigenvalue weighted by atomic mass is 32.1. The number of amides is 1. The zero-order valence-corrected chi connectivity index (χ0v) is 17.3. The summed E-state index contributed by atoms with van der Waals surface area (Å²) in [5, 5.41) is 15.5. The van der Waals surface area contributed by atoms with Crippen LogP contribution in [-0.4, -0.2) is 37.8 Å². The molecule has 0 saturated carbocycles. The van der Waals surface area contributed by atoms with Gasteiger partial charge >= 0.3 is 0 Å². The van der Waals surface area contributed by atoms with Gasteiger partial charge in [-0.25, -0.2) is 0 Å². The number of thiophene rings is 1. The molecule has 0 bridgehead atoms. The Balaban J connectivity index is 1.71. The smallest absolute Gasteiger partial charge is 0.258 e. The molecule has 0 atom stereocenters. The fourth-order valence-electron chi connectivity index (χ4n) is 3.11. The Morgan fingerprint density at radius 1 is 1.17 bits per heavy atom. The topological polar surface area (TPSA) is 86.9 Å². The fourth-order valence-corrected chi connectivity index (χ4v) is 4.23. The number of carbonyl (C=O) groups excluding carboxylic acids is 1. The fraction of sp³-hybridized carbons (Fsp3) is 0.200. The highest BCUT2D eigenvalue weighted by Crippen LogP contribution is 2.32. The quantitative estimate of drug-likeness (QED) is 0.544. The number of aryl methyl sites for hydroxylation is 2. The summed E-state index contributed by atoms with van der Waals surface area (Å²) in [7, 11) is 1.58. The second-order valence-corrected chi connectivity index (χ2v) is 7.74. The predicted octanol–water partition coefficient (Wildman–Crippen LogP) is 3.70. The van der Waals surface area contributed by atoms with Crippen LogP contribution in [0.3, 0.4) is 0 Å². The maximum atomic E-state index is 13.2. The molecule has 1 amide bonds. The third kappa shape index (κ3) is 3.40. The molecule has 4 aromatic rings. The minimum absolute atomic E-state index is 0.167. The van der Waals surface area contributed by atoms with Crippen molar-refractivity contribution < 1.29 is 9.53 Å². The van der Waals surface area contributed by atoms with E-state index in [1.54, 1.807) is 48.3 Å². The Kier molecular flexibility index (Phi) is 4.89. The number of nitrogens with one attached hydrogen (secondary N) is 1. The Hall–Kier alpha value is -3.46. The van der Waals surface area contributed by atoms with Crippen LogP contribution in [0.4, 0.5) is 5.69 Å². The van der Waals surface area contributed by atoms with E-state index in [1.807, 2.05) is 42.9 Å². The highest BCUT2D eigenvalue weighted by Gasteiger charge is 2.21. The summed E-state index contributed by atoms with van der Waals surface area (Å²) in [6.07, 6.45) is 3.88. The number of hydrogen-bond donors (Lipinski definition) is 1. The van der Waals surface area contributed by atoms with Crippen LogP contribution in [0.15, 0.2) is 42.7 Å². The van der Waals surface area contributed by atoms with E-state index in [1.165, 1.54) is 0 Å². The first kappa shape index (κ1) is 18.9. The number of aromatic nitrogens is 5. The van der Waals surface area contributed by atoms with Crippen molar-refractivity contribution >= 4 is 22.9 Å².